The van der Waals surface area contributed by atoms with E-state index in [1.54, 1.807) is 22.8 Å². The van der Waals surface area contributed by atoms with Gasteiger partial charge in [0, 0.05) is 35.6 Å². The first-order valence-corrected chi connectivity index (χ1v) is 7.29. The van der Waals surface area contributed by atoms with Gasteiger partial charge in [-0.3, -0.25) is 0 Å². The van der Waals surface area contributed by atoms with Crippen LogP contribution in [-0.4, -0.2) is 27.1 Å². The van der Waals surface area contributed by atoms with Gasteiger partial charge in [0.1, 0.15) is 6.33 Å². The van der Waals surface area contributed by atoms with Crippen LogP contribution in [0.1, 0.15) is 9.75 Å². The Labute approximate surface area is 109 Å². The van der Waals surface area contributed by atoms with Crippen molar-refractivity contribution in [2.24, 2.45) is 7.05 Å². The molecule has 0 aliphatic heterocycles. The summed E-state index contributed by atoms with van der Waals surface area (Å²) in [6, 6.07) is 4.35. The predicted molar refractivity (Wildman–Crippen MR) is 72.5 cm³/mol. The monoisotopic (exact) mass is 268 g/mol. The summed E-state index contributed by atoms with van der Waals surface area (Å²) in [6.07, 6.45) is 1.59. The van der Waals surface area contributed by atoms with E-state index in [2.05, 4.69) is 34.5 Å². The highest BCUT2D eigenvalue weighted by atomic mass is 32.2. The molecule has 2 aromatic heterocycles. The van der Waals surface area contributed by atoms with E-state index in [-0.39, 0.29) is 0 Å². The number of thioether (sulfide) groups is 1. The van der Waals surface area contributed by atoms with Crippen molar-refractivity contribution in [1.29, 1.82) is 0 Å². The third-order valence-corrected chi connectivity index (χ3v) is 4.31. The lowest BCUT2D eigenvalue weighted by Gasteiger charge is -2.02. The van der Waals surface area contributed by atoms with Crippen LogP contribution in [0.3, 0.4) is 0 Å². The lowest BCUT2D eigenvalue weighted by Crippen LogP contribution is -2.16. The summed E-state index contributed by atoms with van der Waals surface area (Å²) in [5.41, 5.74) is 0. The Morgan fingerprint density at radius 1 is 1.47 bits per heavy atom. The molecule has 0 aliphatic rings. The van der Waals surface area contributed by atoms with E-state index in [1.165, 1.54) is 9.75 Å². The largest absolute Gasteiger partial charge is 0.311 e. The van der Waals surface area contributed by atoms with Crippen molar-refractivity contribution in [3.8, 4) is 0 Å². The topological polar surface area (TPSA) is 42.7 Å². The van der Waals surface area contributed by atoms with Crippen LogP contribution in [0.2, 0.25) is 0 Å². The highest BCUT2D eigenvalue weighted by Crippen LogP contribution is 2.15. The second-order valence-electron chi connectivity index (χ2n) is 3.70. The molecule has 92 valence electrons. The van der Waals surface area contributed by atoms with Crippen molar-refractivity contribution in [2.45, 2.75) is 18.6 Å². The van der Waals surface area contributed by atoms with Gasteiger partial charge in [0.05, 0.1) is 0 Å². The molecule has 0 unspecified atom stereocenters. The SMILES string of the molecule is Cc1ccc(CNCCSc2ncnn2C)s1. The molecule has 0 atom stereocenters. The van der Waals surface area contributed by atoms with Gasteiger partial charge in [-0.2, -0.15) is 5.10 Å². The van der Waals surface area contributed by atoms with Crippen LogP contribution in [0.4, 0.5) is 0 Å². The Bertz CT molecular complexity index is 463. The van der Waals surface area contributed by atoms with E-state index in [4.69, 9.17) is 0 Å². The zero-order chi connectivity index (χ0) is 12.1. The second-order valence-corrected chi connectivity index (χ2v) is 6.14. The maximum absolute atomic E-state index is 4.16. The molecule has 0 amide bonds. The maximum Gasteiger partial charge on any atom is 0.185 e. The van der Waals surface area contributed by atoms with Gasteiger partial charge in [0.15, 0.2) is 5.16 Å². The van der Waals surface area contributed by atoms with E-state index < -0.39 is 0 Å². The van der Waals surface area contributed by atoms with E-state index in [1.807, 2.05) is 18.4 Å². The lowest BCUT2D eigenvalue weighted by molar-refractivity contribution is 0.683. The van der Waals surface area contributed by atoms with Gasteiger partial charge in [-0.05, 0) is 19.1 Å². The van der Waals surface area contributed by atoms with Gasteiger partial charge in [-0.1, -0.05) is 11.8 Å². The van der Waals surface area contributed by atoms with Gasteiger partial charge in [-0.25, -0.2) is 9.67 Å². The fraction of sp³-hybridized carbons (Fsp3) is 0.455. The molecule has 4 nitrogen and oxygen atoms in total. The van der Waals surface area contributed by atoms with Crippen LogP contribution in [0.15, 0.2) is 23.6 Å². The van der Waals surface area contributed by atoms with Gasteiger partial charge in [0.2, 0.25) is 0 Å². The first-order chi connectivity index (χ1) is 8.25. The smallest absolute Gasteiger partial charge is 0.185 e. The Morgan fingerprint density at radius 3 is 3.00 bits per heavy atom. The molecule has 0 spiro atoms. The molecule has 0 fully saturated rings. The molecule has 2 heterocycles. The normalized spacial score (nSPS) is 10.9. The number of aromatic nitrogens is 3. The Hall–Kier alpha value is -0.850. The minimum Gasteiger partial charge on any atom is -0.311 e. The number of hydrogen-bond donors (Lipinski definition) is 1. The van der Waals surface area contributed by atoms with Crippen LogP contribution in [-0.2, 0) is 13.6 Å². The first kappa shape index (κ1) is 12.6. The average Bonchev–Trinajstić information content (AvgIpc) is 2.88. The van der Waals surface area contributed by atoms with E-state index in [0.717, 1.165) is 24.0 Å². The van der Waals surface area contributed by atoms with Crippen LogP contribution in [0, 0.1) is 6.92 Å². The van der Waals surface area contributed by atoms with E-state index >= 15 is 0 Å². The van der Waals surface area contributed by atoms with Crippen molar-refractivity contribution in [3.63, 3.8) is 0 Å². The Balaban J connectivity index is 1.62. The zero-order valence-corrected chi connectivity index (χ0v) is 11.6. The van der Waals surface area contributed by atoms with Crippen LogP contribution in [0.25, 0.3) is 0 Å². The summed E-state index contributed by atoms with van der Waals surface area (Å²) in [5, 5.41) is 8.43. The Kier molecular flexibility index (Phi) is 4.58. The van der Waals surface area contributed by atoms with Crippen LogP contribution in [0.5, 0.6) is 0 Å². The highest BCUT2D eigenvalue weighted by molar-refractivity contribution is 7.99. The molecule has 0 radical (unpaired) electrons. The van der Waals surface area contributed by atoms with Crippen molar-refractivity contribution in [2.75, 3.05) is 12.3 Å². The molecule has 0 aromatic carbocycles. The first-order valence-electron chi connectivity index (χ1n) is 5.48. The number of hydrogen-bond acceptors (Lipinski definition) is 5. The highest BCUT2D eigenvalue weighted by Gasteiger charge is 2.00. The second kappa shape index (κ2) is 6.18. The van der Waals surface area contributed by atoms with Crippen LogP contribution >= 0.6 is 23.1 Å². The van der Waals surface area contributed by atoms with Crippen molar-refractivity contribution < 1.29 is 0 Å². The maximum atomic E-state index is 4.16. The van der Waals surface area contributed by atoms with Gasteiger partial charge in [0.25, 0.3) is 0 Å². The Morgan fingerprint density at radius 2 is 2.35 bits per heavy atom. The summed E-state index contributed by atoms with van der Waals surface area (Å²) in [5.74, 6) is 1.01. The molecule has 0 saturated carbocycles. The lowest BCUT2D eigenvalue weighted by atomic mass is 10.4. The third-order valence-electron chi connectivity index (χ3n) is 2.28. The van der Waals surface area contributed by atoms with Gasteiger partial charge >= 0.3 is 0 Å². The van der Waals surface area contributed by atoms with Crippen LogP contribution < -0.4 is 5.32 Å². The van der Waals surface area contributed by atoms with Crippen molar-refractivity contribution >= 4 is 23.1 Å². The average molecular weight is 268 g/mol. The minimum absolute atomic E-state index is 0.956. The molecule has 2 aromatic rings. The summed E-state index contributed by atoms with van der Waals surface area (Å²) in [4.78, 5) is 6.93. The quantitative estimate of drug-likeness (QED) is 0.643. The molecule has 6 heteroatoms. The summed E-state index contributed by atoms with van der Waals surface area (Å²) < 4.78 is 1.80. The van der Waals surface area contributed by atoms with Crippen molar-refractivity contribution in [3.05, 3.63) is 28.2 Å². The summed E-state index contributed by atoms with van der Waals surface area (Å²) in [7, 11) is 1.91. The molecule has 17 heavy (non-hydrogen) atoms. The predicted octanol–water partition coefficient (Wildman–Crippen LogP) is 2.07. The molecular weight excluding hydrogens is 252 g/mol. The number of nitrogens with zero attached hydrogens (tertiary/aromatic N) is 3. The standard InChI is InChI=1S/C11H16N4S2/c1-9-3-4-10(17-9)7-12-5-6-16-11-13-8-14-15(11)2/h3-4,8,12H,5-7H2,1-2H3. The number of thiophene rings is 1. The fourth-order valence-electron chi connectivity index (χ4n) is 1.42. The molecule has 1 N–H and O–H groups in total. The van der Waals surface area contributed by atoms with Gasteiger partial charge < -0.3 is 5.32 Å². The molecular formula is C11H16N4S2. The fourth-order valence-corrected chi connectivity index (χ4v) is 3.07. The molecule has 2 rings (SSSR count). The summed E-state index contributed by atoms with van der Waals surface area (Å²) in [6.45, 7) is 4.07. The van der Waals surface area contributed by atoms with Gasteiger partial charge in [-0.15, -0.1) is 11.3 Å². The minimum atomic E-state index is 0.956. The molecule has 0 aliphatic carbocycles. The molecule has 0 bridgehead atoms. The number of rotatable bonds is 6. The van der Waals surface area contributed by atoms with E-state index in [9.17, 15) is 0 Å². The number of aryl methyl sites for hydroxylation is 2. The third kappa shape index (κ3) is 3.83. The zero-order valence-electron chi connectivity index (χ0n) is 10.0. The number of nitrogens with one attached hydrogen (secondary N) is 1. The van der Waals surface area contributed by atoms with E-state index in [0.29, 0.717) is 0 Å². The summed E-state index contributed by atoms with van der Waals surface area (Å²) >= 11 is 3.57. The van der Waals surface area contributed by atoms with Crippen molar-refractivity contribution in [1.82, 2.24) is 20.1 Å². The molecule has 0 saturated heterocycles.